The number of urea groups is 1. The first-order valence-corrected chi connectivity index (χ1v) is 7.51. The molecule has 0 unspecified atom stereocenters. The number of nitrogens with one attached hydrogen (secondary N) is 3. The van der Waals surface area contributed by atoms with Gasteiger partial charge in [0.05, 0.1) is 12.3 Å². The number of carbonyl (C=O) groups is 2. The van der Waals surface area contributed by atoms with Gasteiger partial charge in [0.25, 0.3) is 5.22 Å². The van der Waals surface area contributed by atoms with Crippen molar-refractivity contribution in [2.75, 3.05) is 18.1 Å². The molecule has 0 atom stereocenters. The van der Waals surface area contributed by atoms with Crippen LogP contribution in [0.5, 0.6) is 0 Å². The van der Waals surface area contributed by atoms with Gasteiger partial charge in [-0.2, -0.15) is 0 Å². The maximum Gasteiger partial charge on any atom is 0.321 e. The lowest BCUT2D eigenvalue weighted by Crippen LogP contribution is -2.38. The summed E-state index contributed by atoms with van der Waals surface area (Å²) in [7, 11) is 1.41. The predicted molar refractivity (Wildman–Crippen MR) is 81.3 cm³/mol. The van der Waals surface area contributed by atoms with Crippen molar-refractivity contribution in [3.8, 4) is 0 Å². The molecule has 10 heteroatoms. The van der Waals surface area contributed by atoms with Gasteiger partial charge < -0.3 is 15.1 Å². The third kappa shape index (κ3) is 5.58. The molecule has 122 valence electrons. The first-order chi connectivity index (χ1) is 11.1. The highest BCUT2D eigenvalue weighted by Crippen LogP contribution is 2.16. The molecule has 0 aliphatic carbocycles. The van der Waals surface area contributed by atoms with Crippen LogP contribution in [-0.4, -0.2) is 34.9 Å². The SMILES string of the molecule is CNC(=O)NC(=O)CSc1nnc(CNc2ccc(F)cc2)o1. The lowest BCUT2D eigenvalue weighted by molar-refractivity contribution is -0.117. The second-order valence-electron chi connectivity index (χ2n) is 4.24. The molecule has 2 rings (SSSR count). The van der Waals surface area contributed by atoms with E-state index in [1.165, 1.54) is 19.2 Å². The molecule has 0 aliphatic heterocycles. The number of anilines is 1. The van der Waals surface area contributed by atoms with Gasteiger partial charge in [0.2, 0.25) is 11.8 Å². The molecule has 0 radical (unpaired) electrons. The molecule has 8 nitrogen and oxygen atoms in total. The van der Waals surface area contributed by atoms with Crippen LogP contribution in [0.25, 0.3) is 0 Å². The molecule has 0 saturated heterocycles. The lowest BCUT2D eigenvalue weighted by atomic mass is 10.3. The number of halogens is 1. The van der Waals surface area contributed by atoms with E-state index in [0.717, 1.165) is 11.8 Å². The standard InChI is InChI=1S/C13H14FN5O3S/c1-15-12(21)17-10(20)7-23-13-19-18-11(22-13)6-16-9-4-2-8(14)3-5-9/h2-5,16H,6-7H2,1H3,(H2,15,17,20,21). The fourth-order valence-corrected chi connectivity index (χ4v) is 2.05. The highest BCUT2D eigenvalue weighted by atomic mass is 32.2. The van der Waals surface area contributed by atoms with Crippen LogP contribution in [-0.2, 0) is 11.3 Å². The first-order valence-electron chi connectivity index (χ1n) is 6.53. The normalized spacial score (nSPS) is 10.2. The minimum atomic E-state index is -0.578. The van der Waals surface area contributed by atoms with Crippen molar-refractivity contribution in [1.82, 2.24) is 20.8 Å². The van der Waals surface area contributed by atoms with Crippen LogP contribution < -0.4 is 16.0 Å². The summed E-state index contributed by atoms with van der Waals surface area (Å²) >= 11 is 1.02. The zero-order valence-corrected chi connectivity index (χ0v) is 12.9. The van der Waals surface area contributed by atoms with Gasteiger partial charge in [-0.05, 0) is 24.3 Å². The summed E-state index contributed by atoms with van der Waals surface area (Å²) in [5.41, 5.74) is 0.712. The number of aromatic nitrogens is 2. The number of imide groups is 1. The third-order valence-corrected chi connectivity index (χ3v) is 3.36. The average molecular weight is 339 g/mol. The van der Waals surface area contributed by atoms with E-state index in [-0.39, 0.29) is 23.3 Å². The molecule has 3 amide bonds. The van der Waals surface area contributed by atoms with E-state index in [1.807, 2.05) is 0 Å². The summed E-state index contributed by atoms with van der Waals surface area (Å²) in [6.45, 7) is 0.267. The molecular weight excluding hydrogens is 325 g/mol. The molecule has 1 heterocycles. The molecule has 0 bridgehead atoms. The van der Waals surface area contributed by atoms with Crippen molar-refractivity contribution in [3.05, 3.63) is 36.0 Å². The Balaban J connectivity index is 1.78. The van der Waals surface area contributed by atoms with Gasteiger partial charge in [-0.25, -0.2) is 9.18 Å². The maximum absolute atomic E-state index is 12.8. The number of hydrogen-bond acceptors (Lipinski definition) is 7. The Kier molecular flexibility index (Phi) is 5.92. The van der Waals surface area contributed by atoms with Crippen LogP contribution in [0.1, 0.15) is 5.89 Å². The van der Waals surface area contributed by atoms with Crippen LogP contribution >= 0.6 is 11.8 Å². The van der Waals surface area contributed by atoms with Gasteiger partial charge in [0.15, 0.2) is 0 Å². The van der Waals surface area contributed by atoms with Crippen LogP contribution in [0.15, 0.2) is 33.9 Å². The van der Waals surface area contributed by atoms with E-state index in [0.29, 0.717) is 11.6 Å². The second-order valence-corrected chi connectivity index (χ2v) is 5.16. The summed E-state index contributed by atoms with van der Waals surface area (Å²) in [6.07, 6.45) is 0. The summed E-state index contributed by atoms with van der Waals surface area (Å²) in [5, 5.41) is 15.2. The van der Waals surface area contributed by atoms with Crippen LogP contribution in [0.3, 0.4) is 0 Å². The Morgan fingerprint density at radius 1 is 1.26 bits per heavy atom. The number of carbonyl (C=O) groups excluding carboxylic acids is 2. The quantitative estimate of drug-likeness (QED) is 0.682. The van der Waals surface area contributed by atoms with Gasteiger partial charge in [-0.3, -0.25) is 10.1 Å². The van der Waals surface area contributed by atoms with Gasteiger partial charge in [-0.1, -0.05) is 11.8 Å². The number of nitrogens with zero attached hydrogens (tertiary/aromatic N) is 2. The summed E-state index contributed by atoms with van der Waals surface area (Å²) < 4.78 is 18.1. The molecule has 1 aromatic carbocycles. The van der Waals surface area contributed by atoms with Gasteiger partial charge in [-0.15, -0.1) is 10.2 Å². The largest absolute Gasteiger partial charge is 0.414 e. The molecular formula is C13H14FN5O3S. The summed E-state index contributed by atoms with van der Waals surface area (Å²) in [4.78, 5) is 22.3. The van der Waals surface area contributed by atoms with Crippen LogP contribution in [0.4, 0.5) is 14.9 Å². The van der Waals surface area contributed by atoms with Crippen molar-refractivity contribution in [1.29, 1.82) is 0 Å². The van der Waals surface area contributed by atoms with Crippen molar-refractivity contribution in [3.63, 3.8) is 0 Å². The Bertz CT molecular complexity index is 677. The fourth-order valence-electron chi connectivity index (χ4n) is 1.47. The van der Waals surface area contributed by atoms with Gasteiger partial charge in [0, 0.05) is 12.7 Å². The molecule has 23 heavy (non-hydrogen) atoms. The molecule has 0 spiro atoms. The Morgan fingerprint density at radius 3 is 2.70 bits per heavy atom. The zero-order valence-electron chi connectivity index (χ0n) is 12.1. The predicted octanol–water partition coefficient (Wildman–Crippen LogP) is 1.37. The minimum Gasteiger partial charge on any atom is -0.414 e. The molecule has 0 saturated carbocycles. The highest BCUT2D eigenvalue weighted by molar-refractivity contribution is 7.99. The zero-order chi connectivity index (χ0) is 16.7. The Labute approximate surface area is 135 Å². The van der Waals surface area contributed by atoms with E-state index in [9.17, 15) is 14.0 Å². The fraction of sp³-hybridized carbons (Fsp3) is 0.231. The van der Waals surface area contributed by atoms with Crippen molar-refractivity contribution in [2.24, 2.45) is 0 Å². The number of benzene rings is 1. The number of rotatable bonds is 6. The van der Waals surface area contributed by atoms with E-state index < -0.39 is 11.9 Å². The Morgan fingerprint density at radius 2 is 2.00 bits per heavy atom. The van der Waals surface area contributed by atoms with Crippen LogP contribution in [0.2, 0.25) is 0 Å². The topological polar surface area (TPSA) is 109 Å². The smallest absolute Gasteiger partial charge is 0.321 e. The first kappa shape index (κ1) is 16.7. The molecule has 3 N–H and O–H groups in total. The number of hydrogen-bond donors (Lipinski definition) is 3. The average Bonchev–Trinajstić information content (AvgIpc) is 3.00. The highest BCUT2D eigenvalue weighted by Gasteiger charge is 2.11. The summed E-state index contributed by atoms with van der Waals surface area (Å²) in [6, 6.07) is 5.27. The summed E-state index contributed by atoms with van der Waals surface area (Å²) in [5.74, 6) is -0.496. The number of amides is 3. The van der Waals surface area contributed by atoms with Crippen molar-refractivity contribution >= 4 is 29.4 Å². The minimum absolute atomic E-state index is 0.0273. The second kappa shape index (κ2) is 8.13. The monoisotopic (exact) mass is 339 g/mol. The van der Waals surface area contributed by atoms with Gasteiger partial charge in [0.1, 0.15) is 5.82 Å². The lowest BCUT2D eigenvalue weighted by Gasteiger charge is -2.02. The molecule has 0 aliphatic rings. The van der Waals surface area contributed by atoms with E-state index >= 15 is 0 Å². The molecule has 2 aromatic rings. The number of thioether (sulfide) groups is 1. The maximum atomic E-state index is 12.8. The van der Waals surface area contributed by atoms with Crippen molar-refractivity contribution in [2.45, 2.75) is 11.8 Å². The molecule has 1 aromatic heterocycles. The van der Waals surface area contributed by atoms with E-state index in [1.54, 1.807) is 12.1 Å². The van der Waals surface area contributed by atoms with Crippen LogP contribution in [0, 0.1) is 5.82 Å². The van der Waals surface area contributed by atoms with E-state index in [2.05, 4.69) is 26.1 Å². The molecule has 0 fully saturated rings. The van der Waals surface area contributed by atoms with E-state index in [4.69, 9.17) is 4.42 Å². The third-order valence-electron chi connectivity index (χ3n) is 2.54. The van der Waals surface area contributed by atoms with Crippen molar-refractivity contribution < 1.29 is 18.4 Å². The van der Waals surface area contributed by atoms with Gasteiger partial charge >= 0.3 is 6.03 Å². The Hall–Kier alpha value is -2.62.